The highest BCUT2D eigenvalue weighted by Gasteiger charge is 2.09. The van der Waals surface area contributed by atoms with E-state index >= 15 is 0 Å². The fourth-order valence-corrected chi connectivity index (χ4v) is 1.90. The fraction of sp³-hybridized carbons (Fsp3) is 0.154. The summed E-state index contributed by atoms with van der Waals surface area (Å²) in [6.45, 7) is 1.93. The van der Waals surface area contributed by atoms with Crippen molar-refractivity contribution < 1.29 is 4.39 Å². The topological polar surface area (TPSA) is 38.9 Å². The molecule has 0 unspecified atom stereocenters. The summed E-state index contributed by atoms with van der Waals surface area (Å²) in [5, 5.41) is 0.515. The van der Waals surface area contributed by atoms with Crippen molar-refractivity contribution in [3.8, 4) is 0 Å². The predicted molar refractivity (Wildman–Crippen MR) is 67.6 cm³/mol. The van der Waals surface area contributed by atoms with Crippen molar-refractivity contribution in [2.45, 2.75) is 13.3 Å². The van der Waals surface area contributed by atoms with E-state index in [-0.39, 0.29) is 5.82 Å². The zero-order valence-corrected chi connectivity index (χ0v) is 10.1. The summed E-state index contributed by atoms with van der Waals surface area (Å²) in [6, 6.07) is 6.36. The Hall–Kier alpha value is -1.61. The van der Waals surface area contributed by atoms with Crippen LogP contribution in [-0.4, -0.2) is 4.98 Å². The number of nitrogens with two attached hydrogens (primary N) is 1. The molecule has 88 valence electrons. The second kappa shape index (κ2) is 4.72. The first kappa shape index (κ1) is 11.9. The summed E-state index contributed by atoms with van der Waals surface area (Å²) in [4.78, 5) is 4.01. The second-order valence-electron chi connectivity index (χ2n) is 3.90. The molecule has 0 saturated heterocycles. The van der Waals surface area contributed by atoms with Gasteiger partial charge in [-0.15, -0.1) is 0 Å². The molecule has 0 spiro atoms. The molecule has 0 saturated carbocycles. The largest absolute Gasteiger partial charge is 0.383 e. The Labute approximate surface area is 104 Å². The van der Waals surface area contributed by atoms with E-state index in [4.69, 9.17) is 17.3 Å². The molecule has 4 heteroatoms. The molecule has 0 atom stereocenters. The van der Waals surface area contributed by atoms with Crippen molar-refractivity contribution in [1.82, 2.24) is 4.98 Å². The van der Waals surface area contributed by atoms with Gasteiger partial charge in [0.05, 0.1) is 0 Å². The van der Waals surface area contributed by atoms with E-state index in [9.17, 15) is 4.39 Å². The number of nitrogen functional groups attached to an aromatic ring is 1. The molecule has 0 aliphatic rings. The Kier molecular flexibility index (Phi) is 3.29. The van der Waals surface area contributed by atoms with Crippen molar-refractivity contribution in [3.63, 3.8) is 0 Å². The maximum absolute atomic E-state index is 13.6. The normalized spacial score (nSPS) is 10.5. The van der Waals surface area contributed by atoms with E-state index in [1.54, 1.807) is 12.3 Å². The molecule has 0 fully saturated rings. The molecule has 2 nitrogen and oxygen atoms in total. The maximum atomic E-state index is 13.6. The van der Waals surface area contributed by atoms with Crippen LogP contribution in [0.3, 0.4) is 0 Å². The molecule has 0 bridgehead atoms. The maximum Gasteiger partial charge on any atom is 0.127 e. The summed E-state index contributed by atoms with van der Waals surface area (Å²) in [5.41, 5.74) is 8.16. The number of halogens is 2. The van der Waals surface area contributed by atoms with E-state index in [0.717, 1.165) is 11.1 Å². The van der Waals surface area contributed by atoms with Gasteiger partial charge in [0.1, 0.15) is 11.6 Å². The van der Waals surface area contributed by atoms with Crippen LogP contribution in [0.5, 0.6) is 0 Å². The lowest BCUT2D eigenvalue weighted by molar-refractivity contribution is 0.614. The minimum atomic E-state index is -0.281. The molecule has 0 radical (unpaired) electrons. The van der Waals surface area contributed by atoms with Gasteiger partial charge in [0.2, 0.25) is 0 Å². The average molecular weight is 251 g/mol. The molecule has 2 N–H and O–H groups in total. The molecule has 0 aliphatic carbocycles. The molecular formula is C13H12ClFN2. The van der Waals surface area contributed by atoms with Crippen LogP contribution in [0, 0.1) is 12.7 Å². The van der Waals surface area contributed by atoms with Crippen LogP contribution < -0.4 is 5.73 Å². The lowest BCUT2D eigenvalue weighted by atomic mass is 10.0. The minimum Gasteiger partial charge on any atom is -0.383 e. The molecule has 17 heavy (non-hydrogen) atoms. The minimum absolute atomic E-state index is 0.281. The first-order valence-electron chi connectivity index (χ1n) is 5.22. The van der Waals surface area contributed by atoms with Crippen LogP contribution in [0.15, 0.2) is 30.5 Å². The van der Waals surface area contributed by atoms with Gasteiger partial charge in [-0.3, -0.25) is 0 Å². The van der Waals surface area contributed by atoms with Crippen molar-refractivity contribution >= 4 is 17.4 Å². The van der Waals surface area contributed by atoms with Gasteiger partial charge in [-0.05, 0) is 42.3 Å². The van der Waals surface area contributed by atoms with Crippen molar-refractivity contribution in [2.75, 3.05) is 5.73 Å². The van der Waals surface area contributed by atoms with Crippen molar-refractivity contribution in [3.05, 3.63) is 58.0 Å². The molecule has 2 rings (SSSR count). The molecule has 1 aromatic carbocycles. The fourth-order valence-electron chi connectivity index (χ4n) is 1.71. The van der Waals surface area contributed by atoms with Gasteiger partial charge in [-0.1, -0.05) is 11.6 Å². The Morgan fingerprint density at radius 1 is 1.35 bits per heavy atom. The van der Waals surface area contributed by atoms with E-state index in [1.165, 1.54) is 12.1 Å². The summed E-state index contributed by atoms with van der Waals surface area (Å²) in [7, 11) is 0. The van der Waals surface area contributed by atoms with E-state index in [0.29, 0.717) is 22.8 Å². The highest BCUT2D eigenvalue weighted by atomic mass is 35.5. The first-order chi connectivity index (χ1) is 8.08. The Balaban J connectivity index is 2.41. The van der Waals surface area contributed by atoms with Gasteiger partial charge in [-0.25, -0.2) is 9.37 Å². The van der Waals surface area contributed by atoms with Crippen LogP contribution in [0.25, 0.3) is 0 Å². The first-order valence-corrected chi connectivity index (χ1v) is 5.59. The van der Waals surface area contributed by atoms with Gasteiger partial charge in [0.15, 0.2) is 0 Å². The number of aromatic nitrogens is 1. The number of anilines is 1. The molecular weight excluding hydrogens is 239 g/mol. The van der Waals surface area contributed by atoms with E-state index < -0.39 is 0 Å². The van der Waals surface area contributed by atoms with Crippen LogP contribution in [0.2, 0.25) is 5.02 Å². The predicted octanol–water partition coefficient (Wildman–Crippen LogP) is 3.36. The molecule has 0 amide bonds. The number of aryl methyl sites for hydroxylation is 1. The van der Waals surface area contributed by atoms with Crippen molar-refractivity contribution in [2.24, 2.45) is 0 Å². The monoisotopic (exact) mass is 250 g/mol. The smallest absolute Gasteiger partial charge is 0.127 e. The van der Waals surface area contributed by atoms with Gasteiger partial charge in [0.25, 0.3) is 0 Å². The van der Waals surface area contributed by atoms with Crippen LogP contribution >= 0.6 is 11.6 Å². The third-order valence-electron chi connectivity index (χ3n) is 2.70. The lowest BCUT2D eigenvalue weighted by Gasteiger charge is -2.09. The zero-order valence-electron chi connectivity index (χ0n) is 9.37. The quantitative estimate of drug-likeness (QED) is 0.888. The Morgan fingerprint density at radius 3 is 2.82 bits per heavy atom. The van der Waals surface area contributed by atoms with Crippen LogP contribution in [0.4, 0.5) is 10.2 Å². The standard InChI is InChI=1S/C13H12ClFN2/c1-8-4-5-17-13(16)11(8)7-9-6-10(14)2-3-12(9)15/h2-6H,7H2,1H3,(H2,16,17). The summed E-state index contributed by atoms with van der Waals surface area (Å²) < 4.78 is 13.6. The Morgan fingerprint density at radius 2 is 2.12 bits per heavy atom. The summed E-state index contributed by atoms with van der Waals surface area (Å²) in [5.74, 6) is 0.154. The zero-order chi connectivity index (χ0) is 12.4. The number of rotatable bonds is 2. The van der Waals surface area contributed by atoms with E-state index in [1.807, 2.05) is 13.0 Å². The number of pyridine rings is 1. The van der Waals surface area contributed by atoms with Crippen LogP contribution in [0.1, 0.15) is 16.7 Å². The summed E-state index contributed by atoms with van der Waals surface area (Å²) >= 11 is 5.85. The van der Waals surface area contributed by atoms with Crippen molar-refractivity contribution in [1.29, 1.82) is 0 Å². The highest BCUT2D eigenvalue weighted by Crippen LogP contribution is 2.22. The number of nitrogens with zero attached hydrogens (tertiary/aromatic N) is 1. The van der Waals surface area contributed by atoms with E-state index in [2.05, 4.69) is 4.98 Å². The highest BCUT2D eigenvalue weighted by molar-refractivity contribution is 6.30. The van der Waals surface area contributed by atoms with Gasteiger partial charge >= 0.3 is 0 Å². The molecule has 1 heterocycles. The third-order valence-corrected chi connectivity index (χ3v) is 2.93. The molecule has 0 aliphatic heterocycles. The van der Waals surface area contributed by atoms with Crippen LogP contribution in [-0.2, 0) is 6.42 Å². The average Bonchev–Trinajstić information content (AvgIpc) is 2.28. The molecule has 2 aromatic rings. The van der Waals surface area contributed by atoms with Gasteiger partial charge < -0.3 is 5.73 Å². The third kappa shape index (κ3) is 2.56. The van der Waals surface area contributed by atoms with Gasteiger partial charge in [-0.2, -0.15) is 0 Å². The number of benzene rings is 1. The van der Waals surface area contributed by atoms with Gasteiger partial charge in [0, 0.05) is 23.2 Å². The number of hydrogen-bond acceptors (Lipinski definition) is 2. The summed E-state index contributed by atoms with van der Waals surface area (Å²) in [6.07, 6.45) is 2.04. The number of hydrogen-bond donors (Lipinski definition) is 1. The lowest BCUT2D eigenvalue weighted by Crippen LogP contribution is -2.02. The second-order valence-corrected chi connectivity index (χ2v) is 4.34. The Bertz CT molecular complexity index is 535. The SMILES string of the molecule is Cc1ccnc(N)c1Cc1cc(Cl)ccc1F. The molecule has 1 aromatic heterocycles.